The lowest BCUT2D eigenvalue weighted by Gasteiger charge is -2.21. The van der Waals surface area contributed by atoms with Gasteiger partial charge in [0.2, 0.25) is 6.17 Å². The van der Waals surface area contributed by atoms with Crippen LogP contribution in [-0.4, -0.2) is 30.9 Å². The topological polar surface area (TPSA) is 73.8 Å². The number of benzodiazepines with no additional fused rings is 1. The van der Waals surface area contributed by atoms with Crippen molar-refractivity contribution in [3.05, 3.63) is 94.8 Å². The Hall–Kier alpha value is -3.71. The first kappa shape index (κ1) is 20.6. The van der Waals surface area contributed by atoms with Crippen molar-refractivity contribution in [2.75, 3.05) is 17.3 Å². The second kappa shape index (κ2) is 8.57. The Kier molecular flexibility index (Phi) is 5.68. The molecule has 0 saturated heterocycles. The molecule has 0 saturated carbocycles. The summed E-state index contributed by atoms with van der Waals surface area (Å²) in [7, 11) is 1.58. The van der Waals surface area contributed by atoms with Gasteiger partial charge in [0.05, 0.1) is 22.1 Å². The second-order valence-electron chi connectivity index (χ2n) is 6.85. The van der Waals surface area contributed by atoms with Crippen molar-refractivity contribution in [2.24, 2.45) is 4.99 Å². The number of likely N-dealkylation sites (N-methyl/N-ethyl adjacent to an activating group) is 1. The molecule has 1 aliphatic rings. The number of urea groups is 1. The van der Waals surface area contributed by atoms with Gasteiger partial charge in [-0.2, -0.15) is 0 Å². The number of para-hydroxylation sites is 2. The third-order valence-corrected chi connectivity index (χ3v) is 5.19. The molecule has 0 radical (unpaired) electrons. The average Bonchev–Trinajstić information content (AvgIpc) is 2.87. The Balaban J connectivity index is 1.73. The molecule has 4 rings (SSSR count). The van der Waals surface area contributed by atoms with Crippen molar-refractivity contribution in [1.29, 1.82) is 0 Å². The van der Waals surface area contributed by atoms with Crippen LogP contribution in [0.15, 0.2) is 77.8 Å². The van der Waals surface area contributed by atoms with Crippen LogP contribution in [0.2, 0.25) is 5.02 Å². The molecule has 0 spiro atoms. The minimum Gasteiger partial charge on any atom is -0.311 e. The minimum atomic E-state index is -1.27. The van der Waals surface area contributed by atoms with Gasteiger partial charge in [-0.1, -0.05) is 54.1 Å². The summed E-state index contributed by atoms with van der Waals surface area (Å²) in [5.41, 5.74) is 2.04. The first-order valence-corrected chi connectivity index (χ1v) is 9.85. The predicted molar refractivity (Wildman–Crippen MR) is 119 cm³/mol. The van der Waals surface area contributed by atoms with Crippen LogP contribution in [0.5, 0.6) is 0 Å². The maximum atomic E-state index is 14.6. The van der Waals surface area contributed by atoms with Gasteiger partial charge in [-0.05, 0) is 30.3 Å². The SMILES string of the molecule is CN1C(=O)C(NC(=O)Nc2ccccc2Cl)N=C(c2ccccc2F)c2ccccc21. The van der Waals surface area contributed by atoms with E-state index in [1.807, 2.05) is 0 Å². The lowest BCUT2D eigenvalue weighted by atomic mass is 10.00. The Morgan fingerprint density at radius 2 is 1.65 bits per heavy atom. The number of carbonyl (C=O) groups is 2. The number of amides is 3. The molecule has 2 N–H and O–H groups in total. The van der Waals surface area contributed by atoms with Crippen LogP contribution < -0.4 is 15.5 Å². The fourth-order valence-corrected chi connectivity index (χ4v) is 3.51. The molecule has 1 aliphatic heterocycles. The molecule has 0 aliphatic carbocycles. The summed E-state index contributed by atoms with van der Waals surface area (Å²) < 4.78 is 14.6. The third kappa shape index (κ3) is 4.13. The van der Waals surface area contributed by atoms with Crippen molar-refractivity contribution < 1.29 is 14.0 Å². The van der Waals surface area contributed by atoms with Gasteiger partial charge in [0.25, 0.3) is 5.91 Å². The molecule has 8 heteroatoms. The molecule has 3 aromatic rings. The zero-order chi connectivity index (χ0) is 22.0. The number of benzene rings is 3. The van der Waals surface area contributed by atoms with Gasteiger partial charge in [-0.15, -0.1) is 0 Å². The number of hydrogen-bond donors (Lipinski definition) is 2. The summed E-state index contributed by atoms with van der Waals surface area (Å²) in [5, 5.41) is 5.52. The van der Waals surface area contributed by atoms with Crippen LogP contribution in [0.3, 0.4) is 0 Å². The van der Waals surface area contributed by atoms with Crippen LogP contribution in [0.1, 0.15) is 11.1 Å². The second-order valence-corrected chi connectivity index (χ2v) is 7.26. The summed E-state index contributed by atoms with van der Waals surface area (Å²) in [6, 6.07) is 19.3. The van der Waals surface area contributed by atoms with E-state index in [0.29, 0.717) is 22.0 Å². The van der Waals surface area contributed by atoms with E-state index in [2.05, 4.69) is 15.6 Å². The summed E-state index contributed by atoms with van der Waals surface area (Å²) in [4.78, 5) is 31.5. The quantitative estimate of drug-likeness (QED) is 0.637. The first-order chi connectivity index (χ1) is 15.0. The highest BCUT2D eigenvalue weighted by molar-refractivity contribution is 6.33. The number of rotatable bonds is 3. The van der Waals surface area contributed by atoms with Crippen LogP contribution in [-0.2, 0) is 4.79 Å². The van der Waals surface area contributed by atoms with Gasteiger partial charge < -0.3 is 15.5 Å². The van der Waals surface area contributed by atoms with Crippen molar-refractivity contribution in [1.82, 2.24) is 5.32 Å². The Labute approximate surface area is 183 Å². The van der Waals surface area contributed by atoms with Crippen LogP contribution in [0.4, 0.5) is 20.6 Å². The van der Waals surface area contributed by atoms with Crippen LogP contribution in [0.25, 0.3) is 0 Å². The van der Waals surface area contributed by atoms with E-state index in [-0.39, 0.29) is 11.3 Å². The highest BCUT2D eigenvalue weighted by Crippen LogP contribution is 2.28. The summed E-state index contributed by atoms with van der Waals surface area (Å²) in [6.07, 6.45) is -1.27. The molecule has 3 amide bonds. The number of halogens is 2. The van der Waals surface area contributed by atoms with E-state index in [0.717, 1.165) is 0 Å². The zero-order valence-corrected chi connectivity index (χ0v) is 17.2. The number of hydrogen-bond acceptors (Lipinski definition) is 3. The zero-order valence-electron chi connectivity index (χ0n) is 16.5. The highest BCUT2D eigenvalue weighted by atomic mass is 35.5. The highest BCUT2D eigenvalue weighted by Gasteiger charge is 2.31. The third-order valence-electron chi connectivity index (χ3n) is 4.86. The van der Waals surface area contributed by atoms with Gasteiger partial charge in [0.15, 0.2) is 0 Å². The van der Waals surface area contributed by atoms with E-state index >= 15 is 0 Å². The summed E-state index contributed by atoms with van der Waals surface area (Å²) in [5.74, 6) is -0.944. The van der Waals surface area contributed by atoms with E-state index in [1.165, 1.54) is 11.0 Å². The molecule has 31 heavy (non-hydrogen) atoms. The largest absolute Gasteiger partial charge is 0.321 e. The lowest BCUT2D eigenvalue weighted by molar-refractivity contribution is -0.119. The van der Waals surface area contributed by atoms with E-state index < -0.39 is 23.9 Å². The van der Waals surface area contributed by atoms with Gasteiger partial charge in [-0.3, -0.25) is 4.79 Å². The molecule has 1 unspecified atom stereocenters. The maximum absolute atomic E-state index is 14.6. The Bertz CT molecular complexity index is 1200. The predicted octanol–water partition coefficient (Wildman–Crippen LogP) is 4.44. The van der Waals surface area contributed by atoms with Gasteiger partial charge in [-0.25, -0.2) is 14.2 Å². The Morgan fingerprint density at radius 3 is 2.39 bits per heavy atom. The Morgan fingerprint density at radius 1 is 1.00 bits per heavy atom. The normalized spacial score (nSPS) is 15.6. The van der Waals surface area contributed by atoms with Crippen molar-refractivity contribution >= 4 is 40.6 Å². The monoisotopic (exact) mass is 436 g/mol. The van der Waals surface area contributed by atoms with E-state index in [9.17, 15) is 14.0 Å². The van der Waals surface area contributed by atoms with Crippen LogP contribution >= 0.6 is 11.6 Å². The van der Waals surface area contributed by atoms with E-state index in [1.54, 1.807) is 73.8 Å². The van der Waals surface area contributed by atoms with Gasteiger partial charge in [0, 0.05) is 18.2 Å². The average molecular weight is 437 g/mol. The number of carbonyl (C=O) groups excluding carboxylic acids is 2. The minimum absolute atomic E-state index is 0.233. The molecule has 0 fully saturated rings. The number of anilines is 2. The molecule has 3 aromatic carbocycles. The lowest BCUT2D eigenvalue weighted by Crippen LogP contribution is -2.47. The number of nitrogens with zero attached hydrogens (tertiary/aromatic N) is 2. The number of fused-ring (bicyclic) bond motifs is 1. The fraction of sp³-hybridized carbons (Fsp3) is 0.0870. The molecular weight excluding hydrogens is 419 g/mol. The van der Waals surface area contributed by atoms with E-state index in [4.69, 9.17) is 11.6 Å². The van der Waals surface area contributed by atoms with Crippen LogP contribution in [0, 0.1) is 5.82 Å². The number of nitrogens with one attached hydrogen (secondary N) is 2. The standard InChI is InChI=1S/C23H18ClFN4O2/c1-29-19-13-7-3-9-15(19)20(14-8-2-5-11-17(14)25)27-21(22(29)30)28-23(31)26-18-12-6-4-10-16(18)24/h2-13,21H,1H3,(H2,26,28,31). The van der Waals surface area contributed by atoms with Gasteiger partial charge in [0.1, 0.15) is 5.82 Å². The molecule has 0 bridgehead atoms. The summed E-state index contributed by atoms with van der Waals surface area (Å²) in [6.45, 7) is 0. The summed E-state index contributed by atoms with van der Waals surface area (Å²) >= 11 is 6.08. The molecule has 1 atom stereocenters. The van der Waals surface area contributed by atoms with Gasteiger partial charge >= 0.3 is 6.03 Å². The first-order valence-electron chi connectivity index (χ1n) is 9.47. The smallest absolute Gasteiger partial charge is 0.311 e. The maximum Gasteiger partial charge on any atom is 0.321 e. The molecule has 0 aromatic heterocycles. The fourth-order valence-electron chi connectivity index (χ4n) is 3.33. The molecule has 1 heterocycles. The molecule has 156 valence electrons. The molecular formula is C23H18ClFN4O2. The van der Waals surface area contributed by atoms with Crippen molar-refractivity contribution in [3.8, 4) is 0 Å². The number of aliphatic imine (C=N–C) groups is 1. The van der Waals surface area contributed by atoms with Crippen molar-refractivity contribution in [2.45, 2.75) is 6.17 Å². The molecule has 6 nitrogen and oxygen atoms in total. The van der Waals surface area contributed by atoms with Crippen molar-refractivity contribution in [3.63, 3.8) is 0 Å².